The fraction of sp³-hybridized carbons (Fsp3) is 0.417. The van der Waals surface area contributed by atoms with Crippen molar-refractivity contribution in [3.63, 3.8) is 0 Å². The van der Waals surface area contributed by atoms with Gasteiger partial charge in [0.15, 0.2) is 0 Å². The molecule has 1 amide bonds. The van der Waals surface area contributed by atoms with Crippen molar-refractivity contribution in [2.45, 2.75) is 39.7 Å². The first-order valence-corrected chi connectivity index (χ1v) is 11.1. The van der Waals surface area contributed by atoms with Crippen LogP contribution in [0, 0.1) is 20.8 Å². The molecular formula is C24H28ClN3O3. The lowest BCUT2D eigenvalue weighted by Gasteiger charge is -2.27. The number of aliphatic hydroxyl groups excluding tert-OH is 1. The molecule has 2 aliphatic heterocycles. The van der Waals surface area contributed by atoms with Crippen LogP contribution in [0.4, 0.5) is 0 Å². The minimum Gasteiger partial charge on any atom is -0.507 e. The Bertz CT molecular complexity index is 1050. The summed E-state index contributed by atoms with van der Waals surface area (Å²) < 4.78 is 0. The number of ketones is 1. The average Bonchev–Trinajstić information content (AvgIpc) is 3.40. The Hall–Kier alpha value is -2.57. The number of Topliss-reactive ketones (excluding diaryl/α,β-unsaturated/α-hetero) is 1. The molecule has 164 valence electrons. The van der Waals surface area contributed by atoms with Crippen molar-refractivity contribution in [2.75, 3.05) is 26.2 Å². The summed E-state index contributed by atoms with van der Waals surface area (Å²) in [4.78, 5) is 33.3. The Balaban J connectivity index is 1.80. The van der Waals surface area contributed by atoms with Gasteiger partial charge in [0.05, 0.1) is 11.6 Å². The molecule has 2 aliphatic rings. The second kappa shape index (κ2) is 8.52. The maximum absolute atomic E-state index is 13.1. The third-order valence-electron chi connectivity index (χ3n) is 6.51. The molecule has 1 aromatic carbocycles. The summed E-state index contributed by atoms with van der Waals surface area (Å²) in [6.07, 6.45) is 2.32. The standard InChI is InChI=1S/C24H28ClN3O3/c1-14-15(2)26-16(3)19(14)22(29)20-21(17-6-8-18(25)9-7-17)28(24(31)23(20)30)13-12-27-10-4-5-11-27/h6-9,21,26,29H,4-5,10-13H2,1-3H3/b22-20+. The number of carbonyl (C=O) groups excluding carboxylic acids is 2. The van der Waals surface area contributed by atoms with Crippen molar-refractivity contribution in [1.29, 1.82) is 0 Å². The lowest BCUT2D eigenvalue weighted by molar-refractivity contribution is -0.140. The van der Waals surface area contributed by atoms with E-state index in [2.05, 4.69) is 9.88 Å². The molecule has 1 unspecified atom stereocenters. The fourth-order valence-electron chi connectivity index (χ4n) is 4.75. The van der Waals surface area contributed by atoms with Gasteiger partial charge in [-0.25, -0.2) is 0 Å². The predicted octanol–water partition coefficient (Wildman–Crippen LogP) is 4.11. The molecule has 0 spiro atoms. The number of hydrogen-bond acceptors (Lipinski definition) is 4. The number of rotatable bonds is 5. The number of H-pyrrole nitrogens is 1. The summed E-state index contributed by atoms with van der Waals surface area (Å²) in [5.41, 5.74) is 4.05. The van der Waals surface area contributed by atoms with Gasteiger partial charge in [-0.05, 0) is 70.0 Å². The number of aromatic nitrogens is 1. The molecule has 3 heterocycles. The molecule has 2 saturated heterocycles. The fourth-order valence-corrected chi connectivity index (χ4v) is 4.88. The Kier molecular flexibility index (Phi) is 5.95. The van der Waals surface area contributed by atoms with Crippen LogP contribution >= 0.6 is 11.6 Å². The van der Waals surface area contributed by atoms with Crippen molar-refractivity contribution in [3.05, 3.63) is 62.9 Å². The number of amides is 1. The zero-order valence-electron chi connectivity index (χ0n) is 18.2. The third-order valence-corrected chi connectivity index (χ3v) is 6.76. The van der Waals surface area contributed by atoms with E-state index < -0.39 is 17.7 Å². The van der Waals surface area contributed by atoms with E-state index in [1.807, 2.05) is 32.9 Å². The van der Waals surface area contributed by atoms with E-state index in [0.717, 1.165) is 48.4 Å². The molecule has 2 N–H and O–H groups in total. The first-order chi connectivity index (χ1) is 14.8. The highest BCUT2D eigenvalue weighted by atomic mass is 35.5. The largest absolute Gasteiger partial charge is 0.507 e. The van der Waals surface area contributed by atoms with Gasteiger partial charge in [0.25, 0.3) is 11.7 Å². The number of nitrogens with one attached hydrogen (secondary N) is 1. The highest BCUT2D eigenvalue weighted by Crippen LogP contribution is 2.41. The normalized spacial score (nSPS) is 21.4. The molecule has 6 nitrogen and oxygen atoms in total. The van der Waals surface area contributed by atoms with Crippen molar-refractivity contribution >= 4 is 29.1 Å². The van der Waals surface area contributed by atoms with E-state index >= 15 is 0 Å². The first kappa shape index (κ1) is 21.7. The molecule has 0 radical (unpaired) electrons. The number of aryl methyl sites for hydroxylation is 2. The van der Waals surface area contributed by atoms with Crippen LogP contribution in [0.2, 0.25) is 5.02 Å². The van der Waals surface area contributed by atoms with Crippen LogP contribution in [0.15, 0.2) is 29.8 Å². The summed E-state index contributed by atoms with van der Waals surface area (Å²) in [5, 5.41) is 11.9. The molecule has 2 aromatic rings. The first-order valence-electron chi connectivity index (χ1n) is 10.7. The number of likely N-dealkylation sites (tertiary alicyclic amines) is 2. The Morgan fingerprint density at radius 3 is 2.29 bits per heavy atom. The second-order valence-corrected chi connectivity index (χ2v) is 8.90. The number of halogens is 1. The zero-order chi connectivity index (χ0) is 22.3. The van der Waals surface area contributed by atoms with E-state index in [9.17, 15) is 14.7 Å². The van der Waals surface area contributed by atoms with Crippen LogP contribution in [0.25, 0.3) is 5.76 Å². The number of aromatic amines is 1. The lowest BCUT2D eigenvalue weighted by Crippen LogP contribution is -2.37. The van der Waals surface area contributed by atoms with Crippen molar-refractivity contribution < 1.29 is 14.7 Å². The highest BCUT2D eigenvalue weighted by molar-refractivity contribution is 6.46. The SMILES string of the molecule is Cc1[nH]c(C)c(/C(O)=C2\C(=O)C(=O)N(CCN3CCCC3)C2c2ccc(Cl)cc2)c1C. The second-order valence-electron chi connectivity index (χ2n) is 8.47. The monoisotopic (exact) mass is 441 g/mol. The molecule has 1 atom stereocenters. The van der Waals surface area contributed by atoms with Crippen molar-refractivity contribution in [2.24, 2.45) is 0 Å². The van der Waals surface area contributed by atoms with Crippen LogP contribution in [-0.2, 0) is 9.59 Å². The van der Waals surface area contributed by atoms with Gasteiger partial charge in [0, 0.05) is 35.1 Å². The van der Waals surface area contributed by atoms with E-state index in [1.165, 1.54) is 0 Å². The van der Waals surface area contributed by atoms with E-state index in [4.69, 9.17) is 11.6 Å². The van der Waals surface area contributed by atoms with Crippen molar-refractivity contribution in [1.82, 2.24) is 14.8 Å². The van der Waals surface area contributed by atoms with Gasteiger partial charge in [-0.2, -0.15) is 0 Å². The molecular weight excluding hydrogens is 414 g/mol. The summed E-state index contributed by atoms with van der Waals surface area (Å²) >= 11 is 6.08. The zero-order valence-corrected chi connectivity index (χ0v) is 18.9. The minimum atomic E-state index is -0.645. The lowest BCUT2D eigenvalue weighted by atomic mass is 9.94. The summed E-state index contributed by atoms with van der Waals surface area (Å²) in [6, 6.07) is 6.48. The van der Waals surface area contributed by atoms with E-state index in [1.54, 1.807) is 17.0 Å². The van der Waals surface area contributed by atoms with Crippen LogP contribution < -0.4 is 0 Å². The maximum Gasteiger partial charge on any atom is 0.295 e. The quantitative estimate of drug-likeness (QED) is 0.416. The number of aliphatic hydroxyl groups is 1. The Morgan fingerprint density at radius 2 is 1.71 bits per heavy atom. The van der Waals surface area contributed by atoms with Gasteiger partial charge in [-0.3, -0.25) is 9.59 Å². The Morgan fingerprint density at radius 1 is 1.06 bits per heavy atom. The van der Waals surface area contributed by atoms with Gasteiger partial charge in [-0.1, -0.05) is 23.7 Å². The predicted molar refractivity (Wildman–Crippen MR) is 121 cm³/mol. The molecule has 31 heavy (non-hydrogen) atoms. The van der Waals surface area contributed by atoms with Crippen molar-refractivity contribution in [3.8, 4) is 0 Å². The highest BCUT2D eigenvalue weighted by Gasteiger charge is 2.46. The number of hydrogen-bond donors (Lipinski definition) is 2. The summed E-state index contributed by atoms with van der Waals surface area (Å²) in [5.74, 6) is -1.33. The smallest absolute Gasteiger partial charge is 0.295 e. The summed E-state index contributed by atoms with van der Waals surface area (Å²) in [7, 11) is 0. The molecule has 1 aromatic heterocycles. The Labute approximate surface area is 187 Å². The average molecular weight is 442 g/mol. The number of carbonyl (C=O) groups is 2. The van der Waals surface area contributed by atoms with E-state index in [-0.39, 0.29) is 11.3 Å². The van der Waals surface area contributed by atoms with Crippen LogP contribution in [0.1, 0.15) is 47.0 Å². The minimum absolute atomic E-state index is 0.124. The molecule has 2 fully saturated rings. The van der Waals surface area contributed by atoms with Gasteiger partial charge in [0.2, 0.25) is 0 Å². The summed E-state index contributed by atoms with van der Waals surface area (Å²) in [6.45, 7) is 8.83. The van der Waals surface area contributed by atoms with Crippen LogP contribution in [0.3, 0.4) is 0 Å². The van der Waals surface area contributed by atoms with Gasteiger partial charge in [-0.15, -0.1) is 0 Å². The topological polar surface area (TPSA) is 76.6 Å². The molecule has 7 heteroatoms. The molecule has 4 rings (SSSR count). The number of nitrogens with zero attached hydrogens (tertiary/aromatic N) is 2. The molecule has 0 bridgehead atoms. The van der Waals surface area contributed by atoms with Gasteiger partial charge < -0.3 is 19.9 Å². The third kappa shape index (κ3) is 3.90. The van der Waals surface area contributed by atoms with Gasteiger partial charge >= 0.3 is 0 Å². The molecule has 0 aliphatic carbocycles. The number of benzene rings is 1. The maximum atomic E-state index is 13.1. The van der Waals surface area contributed by atoms with Crippen LogP contribution in [0.5, 0.6) is 0 Å². The van der Waals surface area contributed by atoms with Crippen LogP contribution in [-0.4, -0.2) is 57.8 Å². The van der Waals surface area contributed by atoms with E-state index in [0.29, 0.717) is 23.7 Å². The molecule has 0 saturated carbocycles. The van der Waals surface area contributed by atoms with Gasteiger partial charge in [0.1, 0.15) is 5.76 Å².